The van der Waals surface area contributed by atoms with E-state index in [1.165, 1.54) is 0 Å². The molecule has 3 nitrogen and oxygen atoms in total. The van der Waals surface area contributed by atoms with Crippen molar-refractivity contribution in [3.05, 3.63) is 33.2 Å². The zero-order valence-corrected chi connectivity index (χ0v) is 7.47. The van der Waals surface area contributed by atoms with Crippen molar-refractivity contribution in [3.63, 3.8) is 0 Å². The second kappa shape index (κ2) is 2.85. The van der Waals surface area contributed by atoms with E-state index >= 15 is 0 Å². The van der Waals surface area contributed by atoms with E-state index < -0.39 is 0 Å². The van der Waals surface area contributed by atoms with Crippen LogP contribution in [-0.4, -0.2) is 4.92 Å². The molecule has 2 aromatic rings. The first kappa shape index (κ1) is 7.71. The van der Waals surface area contributed by atoms with Gasteiger partial charge in [0.2, 0.25) is 5.16 Å². The number of nitrogens with zero attached hydrogens (tertiary/aromatic N) is 1. The average molecular weight is 200 g/mol. The Hall–Kier alpha value is -0.920. The van der Waals surface area contributed by atoms with Gasteiger partial charge < -0.3 is 4.52 Å². The van der Waals surface area contributed by atoms with E-state index in [2.05, 4.69) is 4.92 Å². The Labute approximate surface area is 74.1 Å². The summed E-state index contributed by atoms with van der Waals surface area (Å²) in [4.78, 5) is 14.7. The molecule has 0 saturated carbocycles. The summed E-state index contributed by atoms with van der Waals surface area (Å²) in [7, 11) is 0.286. The van der Waals surface area contributed by atoms with Crippen LogP contribution in [0, 0.1) is 0 Å². The van der Waals surface area contributed by atoms with Gasteiger partial charge in [0, 0.05) is 0 Å². The quantitative estimate of drug-likeness (QED) is 0.654. The van der Waals surface area contributed by atoms with Crippen molar-refractivity contribution in [2.75, 3.05) is 0 Å². The first-order valence-corrected chi connectivity index (χ1v) is 4.42. The fourth-order valence-electron chi connectivity index (χ4n) is 0.939. The van der Waals surface area contributed by atoms with Crippen LogP contribution in [0.25, 0.3) is 11.0 Å². The molecule has 0 spiro atoms. The van der Waals surface area contributed by atoms with Gasteiger partial charge in [-0.2, -0.15) is 0 Å². The van der Waals surface area contributed by atoms with Crippen LogP contribution >= 0.6 is 20.0 Å². The van der Waals surface area contributed by atoms with E-state index in [0.29, 0.717) is 16.0 Å². The molecule has 1 aromatic heterocycles. The third-order valence-corrected chi connectivity index (χ3v) is 2.34. The van der Waals surface area contributed by atoms with Crippen LogP contribution in [0.4, 0.5) is 0 Å². The highest BCUT2D eigenvalue weighted by atomic mass is 35.5. The Bertz CT molecular complexity index is 477. The predicted molar refractivity (Wildman–Crippen MR) is 47.8 cm³/mol. The van der Waals surface area contributed by atoms with Gasteiger partial charge in [0.05, 0.1) is 10.4 Å². The Morgan fingerprint density at radius 2 is 2.33 bits per heavy atom. The van der Waals surface area contributed by atoms with Crippen molar-refractivity contribution < 1.29 is 4.52 Å². The summed E-state index contributed by atoms with van der Waals surface area (Å²) in [5.74, 6) is 0. The van der Waals surface area contributed by atoms with Crippen LogP contribution in [0.5, 0.6) is 0 Å². The van der Waals surface area contributed by atoms with Crippen molar-refractivity contribution in [3.8, 4) is 0 Å². The third kappa shape index (κ3) is 1.11. The van der Waals surface area contributed by atoms with E-state index in [9.17, 15) is 4.79 Å². The van der Waals surface area contributed by atoms with Crippen molar-refractivity contribution in [2.45, 2.75) is 0 Å². The van der Waals surface area contributed by atoms with Gasteiger partial charge in [-0.25, -0.2) is 0 Å². The monoisotopic (exact) mass is 199 g/mol. The Kier molecular flexibility index (Phi) is 1.83. The largest absolute Gasteiger partial charge is 0.352 e. The lowest BCUT2D eigenvalue weighted by atomic mass is 10.3. The number of hydrogen-bond acceptors (Lipinski definition) is 3. The van der Waals surface area contributed by atoms with Gasteiger partial charge in [0.25, 0.3) is 0 Å². The zero-order chi connectivity index (χ0) is 8.55. The molecule has 0 atom stereocenters. The lowest BCUT2D eigenvalue weighted by Gasteiger charge is -1.93. The maximum atomic E-state index is 11.2. The molecule has 60 valence electrons. The zero-order valence-electron chi connectivity index (χ0n) is 5.82. The molecule has 0 aliphatic carbocycles. The molecular formula is C7H3ClNO2P. The molecular weight excluding hydrogens is 197 g/mol. The standard InChI is InChI=1S/C7H3ClNO2P/c8-4-2-1-3-5-6(4)7(10)12-9-11-5/h1-3H. The molecule has 1 heterocycles. The lowest BCUT2D eigenvalue weighted by molar-refractivity contribution is 0.472. The van der Waals surface area contributed by atoms with Gasteiger partial charge in [-0.1, -0.05) is 22.6 Å². The molecule has 5 heteroatoms. The summed E-state index contributed by atoms with van der Waals surface area (Å²) in [6.07, 6.45) is 0. The molecule has 0 aliphatic heterocycles. The first-order valence-electron chi connectivity index (χ1n) is 3.20. The molecule has 0 unspecified atom stereocenters. The summed E-state index contributed by atoms with van der Waals surface area (Å²) in [5, 5.41) is 0.720. The highest BCUT2D eigenvalue weighted by Crippen LogP contribution is 2.19. The predicted octanol–water partition coefficient (Wildman–Crippen LogP) is 2.42. The second-order valence-corrected chi connectivity index (χ2v) is 3.37. The minimum atomic E-state index is -0.123. The van der Waals surface area contributed by atoms with Crippen LogP contribution < -0.4 is 5.16 Å². The molecule has 0 amide bonds. The van der Waals surface area contributed by atoms with Crippen molar-refractivity contribution in [1.82, 2.24) is 4.92 Å². The minimum absolute atomic E-state index is 0.123. The van der Waals surface area contributed by atoms with Gasteiger partial charge in [-0.15, -0.1) is 0 Å². The highest BCUT2D eigenvalue weighted by molar-refractivity contribution is 7.24. The van der Waals surface area contributed by atoms with Crippen LogP contribution in [0.15, 0.2) is 27.5 Å². The van der Waals surface area contributed by atoms with Crippen LogP contribution in [-0.2, 0) is 0 Å². The maximum Gasteiger partial charge on any atom is 0.239 e. The summed E-state index contributed by atoms with van der Waals surface area (Å²) >= 11 is 5.79. The molecule has 0 saturated heterocycles. The fraction of sp³-hybridized carbons (Fsp3) is 0. The van der Waals surface area contributed by atoms with Crippen LogP contribution in [0.3, 0.4) is 0 Å². The first-order chi connectivity index (χ1) is 5.79. The third-order valence-electron chi connectivity index (χ3n) is 1.46. The molecule has 12 heavy (non-hydrogen) atoms. The fourth-order valence-corrected chi connectivity index (χ4v) is 1.79. The molecule has 0 bridgehead atoms. The van der Waals surface area contributed by atoms with E-state index in [1.807, 2.05) is 0 Å². The Balaban J connectivity index is 3.07. The molecule has 0 aliphatic rings. The van der Waals surface area contributed by atoms with E-state index in [0.717, 1.165) is 0 Å². The molecule has 1 aromatic carbocycles. The SMILES string of the molecule is O=c1pnoc2cccc(Cl)c12. The minimum Gasteiger partial charge on any atom is -0.352 e. The van der Waals surface area contributed by atoms with Gasteiger partial charge >= 0.3 is 0 Å². The Morgan fingerprint density at radius 1 is 1.50 bits per heavy atom. The Morgan fingerprint density at radius 3 is 3.08 bits per heavy atom. The number of hydrogen-bond donors (Lipinski definition) is 0. The van der Waals surface area contributed by atoms with E-state index in [1.54, 1.807) is 18.2 Å². The van der Waals surface area contributed by atoms with Gasteiger partial charge in [-0.3, -0.25) is 4.79 Å². The van der Waals surface area contributed by atoms with E-state index in [4.69, 9.17) is 16.1 Å². The topological polar surface area (TPSA) is 43.1 Å². The van der Waals surface area contributed by atoms with Crippen molar-refractivity contribution in [2.24, 2.45) is 0 Å². The molecule has 0 radical (unpaired) electrons. The van der Waals surface area contributed by atoms with E-state index in [-0.39, 0.29) is 13.5 Å². The molecule has 0 N–H and O–H groups in total. The highest BCUT2D eigenvalue weighted by Gasteiger charge is 2.04. The van der Waals surface area contributed by atoms with Crippen LogP contribution in [0.2, 0.25) is 5.02 Å². The molecule has 0 fully saturated rings. The number of halogens is 1. The maximum absolute atomic E-state index is 11.2. The molecule has 2 rings (SSSR count). The average Bonchev–Trinajstić information content (AvgIpc) is 2.04. The van der Waals surface area contributed by atoms with Crippen molar-refractivity contribution in [1.29, 1.82) is 0 Å². The summed E-state index contributed by atoms with van der Waals surface area (Å²) in [6, 6.07) is 5.03. The smallest absolute Gasteiger partial charge is 0.239 e. The number of benzene rings is 1. The normalized spacial score (nSPS) is 11.1. The van der Waals surface area contributed by atoms with Crippen LogP contribution in [0.1, 0.15) is 0 Å². The van der Waals surface area contributed by atoms with Gasteiger partial charge in [0.15, 0.2) is 5.58 Å². The summed E-state index contributed by atoms with van der Waals surface area (Å²) < 4.78 is 4.88. The summed E-state index contributed by atoms with van der Waals surface area (Å²) in [5.41, 5.74) is 0.436. The second-order valence-electron chi connectivity index (χ2n) is 2.19. The van der Waals surface area contributed by atoms with Gasteiger partial charge in [-0.05, 0) is 12.1 Å². The van der Waals surface area contributed by atoms with Crippen molar-refractivity contribution >= 4 is 30.9 Å². The van der Waals surface area contributed by atoms with Gasteiger partial charge in [0.1, 0.15) is 8.35 Å². The lowest BCUT2D eigenvalue weighted by Crippen LogP contribution is -1.94. The summed E-state index contributed by atoms with van der Waals surface area (Å²) in [6.45, 7) is 0. The number of rotatable bonds is 0. The number of aromatic nitrogens is 1. The number of fused-ring (bicyclic) bond motifs is 1.